The Balaban J connectivity index is 1.37. The molecule has 1 aromatic carbocycles. The second-order valence-corrected chi connectivity index (χ2v) is 8.63. The van der Waals surface area contributed by atoms with Crippen LogP contribution in [0.25, 0.3) is 16.9 Å². The van der Waals surface area contributed by atoms with E-state index in [0.717, 1.165) is 47.7 Å². The van der Waals surface area contributed by atoms with Crippen LogP contribution in [0.5, 0.6) is 0 Å². The number of fused-ring (bicyclic) bond motifs is 1. The molecule has 2 unspecified atom stereocenters. The summed E-state index contributed by atoms with van der Waals surface area (Å²) in [6.45, 7) is 1.82. The van der Waals surface area contributed by atoms with Gasteiger partial charge in [-0.05, 0) is 55.5 Å². The number of alkyl halides is 3. The number of aromatic nitrogens is 5. The highest BCUT2D eigenvalue weighted by atomic mass is 19.4. The van der Waals surface area contributed by atoms with Crippen LogP contribution in [-0.2, 0) is 11.0 Å². The lowest BCUT2D eigenvalue weighted by atomic mass is 9.78. The van der Waals surface area contributed by atoms with Gasteiger partial charge < -0.3 is 9.88 Å². The highest BCUT2D eigenvalue weighted by molar-refractivity contribution is 6.04. The van der Waals surface area contributed by atoms with E-state index in [1.54, 1.807) is 17.3 Å². The number of aryl methyl sites for hydroxylation is 1. The van der Waals surface area contributed by atoms with Crippen molar-refractivity contribution in [3.05, 3.63) is 66.1 Å². The minimum atomic E-state index is -4.51. The Morgan fingerprint density at radius 1 is 1.12 bits per heavy atom. The van der Waals surface area contributed by atoms with Gasteiger partial charge in [-0.25, -0.2) is 15.0 Å². The molecule has 0 spiro atoms. The monoisotopic (exact) mass is 452 g/mol. The van der Waals surface area contributed by atoms with Crippen molar-refractivity contribution in [3.8, 4) is 5.82 Å². The molecule has 1 aliphatic heterocycles. The lowest BCUT2D eigenvalue weighted by molar-refractivity contribution is -0.141. The molecule has 1 saturated heterocycles. The van der Waals surface area contributed by atoms with Gasteiger partial charge in [-0.2, -0.15) is 13.2 Å². The standard InChI is InChI=1S/C23H19F3N6O/c1-12-15(5-7-19(30-12)31-9-18(29-11-31)23(24,25)26)21-20(13-2-3-13)22(33)32(21)14-4-6-16-17(8-14)28-10-27-16/h4-11,13,20-21H,2-3H2,1H3,(H,27,28). The topological polar surface area (TPSA) is 79.7 Å². The number of benzene rings is 1. The van der Waals surface area contributed by atoms with E-state index >= 15 is 0 Å². The van der Waals surface area contributed by atoms with Gasteiger partial charge in [0.2, 0.25) is 5.91 Å². The first-order chi connectivity index (χ1) is 15.8. The van der Waals surface area contributed by atoms with Crippen molar-refractivity contribution in [2.45, 2.75) is 32.0 Å². The summed E-state index contributed by atoms with van der Waals surface area (Å²) in [5.41, 5.74) is 3.04. The molecule has 6 rings (SSSR count). The number of aromatic amines is 1. The van der Waals surface area contributed by atoms with E-state index in [9.17, 15) is 18.0 Å². The van der Waals surface area contributed by atoms with Crippen molar-refractivity contribution in [3.63, 3.8) is 0 Å². The van der Waals surface area contributed by atoms with Gasteiger partial charge >= 0.3 is 6.18 Å². The minimum absolute atomic E-state index is 0.0882. The van der Waals surface area contributed by atoms with E-state index in [2.05, 4.69) is 19.9 Å². The van der Waals surface area contributed by atoms with Gasteiger partial charge in [0.1, 0.15) is 12.1 Å². The fourth-order valence-electron chi connectivity index (χ4n) is 4.73. The Hall–Kier alpha value is -3.69. The summed E-state index contributed by atoms with van der Waals surface area (Å²) in [6, 6.07) is 9.05. The Morgan fingerprint density at radius 3 is 2.64 bits per heavy atom. The smallest absolute Gasteiger partial charge is 0.345 e. The average molecular weight is 452 g/mol. The molecule has 33 heavy (non-hydrogen) atoms. The number of nitrogens with one attached hydrogen (secondary N) is 1. The zero-order valence-corrected chi connectivity index (χ0v) is 17.5. The summed E-state index contributed by atoms with van der Waals surface area (Å²) >= 11 is 0. The number of amides is 1. The largest absolute Gasteiger partial charge is 0.434 e. The quantitative estimate of drug-likeness (QED) is 0.460. The number of hydrogen-bond donors (Lipinski definition) is 1. The molecule has 2 atom stereocenters. The molecule has 10 heteroatoms. The van der Waals surface area contributed by atoms with Gasteiger partial charge in [0.25, 0.3) is 0 Å². The molecule has 4 heterocycles. The van der Waals surface area contributed by atoms with Crippen LogP contribution < -0.4 is 4.90 Å². The van der Waals surface area contributed by atoms with Crippen molar-refractivity contribution in [1.29, 1.82) is 0 Å². The average Bonchev–Trinajstić information content (AvgIpc) is 3.25. The molecule has 1 amide bonds. The van der Waals surface area contributed by atoms with Crippen LogP contribution >= 0.6 is 0 Å². The summed E-state index contributed by atoms with van der Waals surface area (Å²) < 4.78 is 40.0. The number of hydrogen-bond acceptors (Lipinski definition) is 4. The number of nitrogens with zero attached hydrogens (tertiary/aromatic N) is 5. The fourth-order valence-corrected chi connectivity index (χ4v) is 4.73. The second kappa shape index (κ2) is 6.90. The Labute approximate surface area is 186 Å². The number of carbonyl (C=O) groups excluding carboxylic acids is 1. The first kappa shape index (κ1) is 20.0. The first-order valence-corrected chi connectivity index (χ1v) is 10.7. The zero-order valence-electron chi connectivity index (χ0n) is 17.5. The molecule has 7 nitrogen and oxygen atoms in total. The van der Waals surface area contributed by atoms with E-state index in [4.69, 9.17) is 0 Å². The zero-order chi connectivity index (χ0) is 22.9. The minimum Gasteiger partial charge on any atom is -0.345 e. The van der Waals surface area contributed by atoms with Crippen LogP contribution in [-0.4, -0.2) is 30.4 Å². The lowest BCUT2D eigenvalue weighted by Gasteiger charge is -2.48. The molecule has 0 radical (unpaired) electrons. The van der Waals surface area contributed by atoms with Crippen LogP contribution in [0.2, 0.25) is 0 Å². The number of anilines is 1. The molecule has 168 valence electrons. The summed E-state index contributed by atoms with van der Waals surface area (Å²) in [5.74, 6) is 0.675. The molecule has 4 aromatic rings. The Kier molecular flexibility index (Phi) is 4.17. The van der Waals surface area contributed by atoms with E-state index in [1.807, 2.05) is 31.2 Å². The number of imidazole rings is 2. The van der Waals surface area contributed by atoms with Crippen LogP contribution in [0.3, 0.4) is 0 Å². The molecule has 0 bridgehead atoms. The summed E-state index contributed by atoms with van der Waals surface area (Å²) in [4.78, 5) is 30.3. The third-order valence-electron chi connectivity index (χ3n) is 6.52. The van der Waals surface area contributed by atoms with E-state index in [-0.39, 0.29) is 17.9 Å². The highest BCUT2D eigenvalue weighted by Crippen LogP contribution is 2.54. The van der Waals surface area contributed by atoms with Crippen LogP contribution in [0.1, 0.15) is 35.8 Å². The lowest BCUT2D eigenvalue weighted by Crippen LogP contribution is -2.56. The van der Waals surface area contributed by atoms with Crippen LogP contribution in [0, 0.1) is 18.8 Å². The predicted molar refractivity (Wildman–Crippen MR) is 114 cm³/mol. The molecule has 1 N–H and O–H groups in total. The maximum absolute atomic E-state index is 13.2. The molecular formula is C23H19F3N6O. The molecular weight excluding hydrogens is 433 g/mol. The van der Waals surface area contributed by atoms with Gasteiger partial charge in [-0.3, -0.25) is 9.36 Å². The summed E-state index contributed by atoms with van der Waals surface area (Å²) in [5, 5.41) is 0. The fraction of sp³-hybridized carbons (Fsp3) is 0.304. The van der Waals surface area contributed by atoms with Gasteiger partial charge in [-0.1, -0.05) is 6.07 Å². The van der Waals surface area contributed by atoms with E-state index in [0.29, 0.717) is 17.4 Å². The van der Waals surface area contributed by atoms with Crippen molar-refractivity contribution < 1.29 is 18.0 Å². The normalized spacial score (nSPS) is 21.0. The maximum atomic E-state index is 13.2. The molecule has 1 aliphatic carbocycles. The van der Waals surface area contributed by atoms with Gasteiger partial charge in [-0.15, -0.1) is 0 Å². The number of H-pyrrole nitrogens is 1. The number of pyridine rings is 1. The number of β-lactam (4-membered cyclic amide) rings is 1. The van der Waals surface area contributed by atoms with E-state index < -0.39 is 11.9 Å². The summed E-state index contributed by atoms with van der Waals surface area (Å²) in [6.07, 6.45) is 1.18. The summed E-state index contributed by atoms with van der Waals surface area (Å²) in [7, 11) is 0. The van der Waals surface area contributed by atoms with Crippen LogP contribution in [0.4, 0.5) is 18.9 Å². The van der Waals surface area contributed by atoms with E-state index in [1.165, 1.54) is 4.57 Å². The Morgan fingerprint density at radius 2 is 1.94 bits per heavy atom. The maximum Gasteiger partial charge on any atom is 0.434 e. The third-order valence-corrected chi connectivity index (χ3v) is 6.52. The van der Waals surface area contributed by atoms with Crippen molar-refractivity contribution in [2.24, 2.45) is 11.8 Å². The number of carbonyl (C=O) groups is 1. The van der Waals surface area contributed by atoms with Crippen molar-refractivity contribution in [2.75, 3.05) is 4.90 Å². The second-order valence-electron chi connectivity index (χ2n) is 8.63. The third kappa shape index (κ3) is 3.20. The van der Waals surface area contributed by atoms with Crippen molar-refractivity contribution in [1.82, 2.24) is 24.5 Å². The molecule has 2 aliphatic rings. The SMILES string of the molecule is Cc1nc(-n2cnc(C(F)(F)F)c2)ccc1C1C(C2CC2)C(=O)N1c1ccc2[nH]cnc2c1. The highest BCUT2D eigenvalue weighted by Gasteiger charge is 2.55. The number of halogens is 3. The van der Waals surface area contributed by atoms with Gasteiger partial charge in [0, 0.05) is 17.6 Å². The molecule has 2 fully saturated rings. The molecule has 3 aromatic heterocycles. The van der Waals surface area contributed by atoms with Crippen molar-refractivity contribution >= 4 is 22.6 Å². The number of rotatable bonds is 4. The predicted octanol–water partition coefficient (Wildman–Crippen LogP) is 4.58. The molecule has 1 saturated carbocycles. The van der Waals surface area contributed by atoms with Gasteiger partial charge in [0.05, 0.1) is 29.3 Å². The van der Waals surface area contributed by atoms with Crippen LogP contribution in [0.15, 0.2) is 49.2 Å². The Bertz CT molecular complexity index is 1390. The van der Waals surface area contributed by atoms with Gasteiger partial charge in [0.15, 0.2) is 5.69 Å². The first-order valence-electron chi connectivity index (χ1n) is 10.7.